The van der Waals surface area contributed by atoms with Crippen LogP contribution in [0.2, 0.25) is 5.02 Å². The summed E-state index contributed by atoms with van der Waals surface area (Å²) in [4.78, 5) is 20.4. The molecule has 5 N–H and O–H groups in total. The SMILES string of the molecule is NC(CO)(CCCc1ccc(Sc2cccc(OCc3ccccc3)c2)cc1Cl)CP(=O)(O)O. The molecular weight excluding hydrogens is 493 g/mol. The minimum atomic E-state index is -4.31. The zero-order chi connectivity index (χ0) is 24.6. The van der Waals surface area contributed by atoms with Gasteiger partial charge in [-0.05, 0) is 60.7 Å². The second kappa shape index (κ2) is 12.2. The van der Waals surface area contributed by atoms with Gasteiger partial charge in [0.25, 0.3) is 0 Å². The van der Waals surface area contributed by atoms with Crippen molar-refractivity contribution in [1.82, 2.24) is 0 Å². The maximum absolute atomic E-state index is 11.3. The zero-order valence-electron chi connectivity index (χ0n) is 18.6. The first-order valence-corrected chi connectivity index (χ1v) is 13.8. The molecule has 0 saturated heterocycles. The Hall–Kier alpha value is -1.83. The lowest BCUT2D eigenvalue weighted by Gasteiger charge is -2.27. The van der Waals surface area contributed by atoms with Crippen molar-refractivity contribution in [2.24, 2.45) is 5.73 Å². The van der Waals surface area contributed by atoms with Gasteiger partial charge in [-0.3, -0.25) is 4.57 Å². The Morgan fingerprint density at radius 3 is 2.41 bits per heavy atom. The van der Waals surface area contributed by atoms with Crippen molar-refractivity contribution in [3.8, 4) is 5.75 Å². The van der Waals surface area contributed by atoms with Crippen LogP contribution in [-0.2, 0) is 17.6 Å². The van der Waals surface area contributed by atoms with E-state index in [-0.39, 0.29) is 6.42 Å². The molecule has 3 rings (SSSR count). The molecular formula is C25H29ClNO5PS. The van der Waals surface area contributed by atoms with Crippen LogP contribution in [0.25, 0.3) is 0 Å². The second-order valence-electron chi connectivity index (χ2n) is 8.30. The van der Waals surface area contributed by atoms with Crippen molar-refractivity contribution >= 4 is 31.0 Å². The summed E-state index contributed by atoms with van der Waals surface area (Å²) >= 11 is 8.07. The molecule has 0 bridgehead atoms. The Kier molecular flexibility index (Phi) is 9.63. The predicted octanol–water partition coefficient (Wildman–Crippen LogP) is 5.26. The summed E-state index contributed by atoms with van der Waals surface area (Å²) in [6, 6.07) is 23.7. The predicted molar refractivity (Wildman–Crippen MR) is 137 cm³/mol. The maximum atomic E-state index is 11.3. The topological polar surface area (TPSA) is 113 Å². The van der Waals surface area contributed by atoms with E-state index in [4.69, 9.17) is 22.1 Å². The van der Waals surface area contributed by atoms with Crippen molar-refractivity contribution in [2.45, 2.75) is 41.2 Å². The largest absolute Gasteiger partial charge is 0.489 e. The number of hydrogen-bond donors (Lipinski definition) is 4. The van der Waals surface area contributed by atoms with Gasteiger partial charge in [0.1, 0.15) is 12.4 Å². The molecule has 34 heavy (non-hydrogen) atoms. The number of benzene rings is 3. The Morgan fingerprint density at radius 1 is 1.00 bits per heavy atom. The normalized spacial score (nSPS) is 13.4. The number of hydrogen-bond acceptors (Lipinski definition) is 5. The average molecular weight is 522 g/mol. The highest BCUT2D eigenvalue weighted by molar-refractivity contribution is 7.99. The summed E-state index contributed by atoms with van der Waals surface area (Å²) in [7, 11) is -4.31. The first-order chi connectivity index (χ1) is 16.2. The molecule has 9 heteroatoms. The van der Waals surface area contributed by atoms with E-state index in [9.17, 15) is 19.5 Å². The van der Waals surface area contributed by atoms with Crippen molar-refractivity contribution in [3.05, 3.63) is 88.9 Å². The van der Waals surface area contributed by atoms with Crippen molar-refractivity contribution < 1.29 is 24.2 Å². The van der Waals surface area contributed by atoms with Gasteiger partial charge >= 0.3 is 7.60 Å². The lowest BCUT2D eigenvalue weighted by atomic mass is 9.95. The van der Waals surface area contributed by atoms with Crippen LogP contribution < -0.4 is 10.5 Å². The molecule has 0 aliphatic rings. The van der Waals surface area contributed by atoms with E-state index in [0.717, 1.165) is 26.7 Å². The molecule has 182 valence electrons. The van der Waals surface area contributed by atoms with Crippen LogP contribution in [0.4, 0.5) is 0 Å². The summed E-state index contributed by atoms with van der Waals surface area (Å²) < 4.78 is 17.2. The van der Waals surface area contributed by atoms with E-state index in [1.54, 1.807) is 11.8 Å². The summed E-state index contributed by atoms with van der Waals surface area (Å²) in [5.41, 5.74) is 6.69. The van der Waals surface area contributed by atoms with Crippen LogP contribution in [0.15, 0.2) is 82.6 Å². The number of rotatable bonds is 12. The average Bonchev–Trinajstić information content (AvgIpc) is 2.79. The molecule has 0 fully saturated rings. The highest BCUT2D eigenvalue weighted by Crippen LogP contribution is 2.39. The molecule has 6 nitrogen and oxygen atoms in total. The number of aliphatic hydroxyl groups is 1. The van der Waals surface area contributed by atoms with E-state index in [2.05, 4.69) is 0 Å². The van der Waals surface area contributed by atoms with Crippen LogP contribution in [0.5, 0.6) is 5.75 Å². The number of aryl methyl sites for hydroxylation is 1. The van der Waals surface area contributed by atoms with Crippen molar-refractivity contribution in [3.63, 3.8) is 0 Å². The molecule has 1 atom stereocenters. The monoisotopic (exact) mass is 521 g/mol. The van der Waals surface area contributed by atoms with Crippen LogP contribution in [0.3, 0.4) is 0 Å². The van der Waals surface area contributed by atoms with E-state index < -0.39 is 25.9 Å². The van der Waals surface area contributed by atoms with E-state index in [1.807, 2.05) is 72.8 Å². The van der Waals surface area contributed by atoms with Gasteiger partial charge < -0.3 is 25.4 Å². The molecule has 0 aliphatic heterocycles. The maximum Gasteiger partial charge on any atom is 0.327 e. The summed E-state index contributed by atoms with van der Waals surface area (Å²) in [6.07, 6.45) is 0.863. The number of aliphatic hydroxyl groups excluding tert-OH is 1. The first kappa shape index (κ1) is 26.8. The Labute approximate surface area is 209 Å². The fourth-order valence-electron chi connectivity index (χ4n) is 3.55. The molecule has 0 aromatic heterocycles. The van der Waals surface area contributed by atoms with Crippen LogP contribution in [-0.4, -0.2) is 33.2 Å². The van der Waals surface area contributed by atoms with Gasteiger partial charge in [0.15, 0.2) is 0 Å². The highest BCUT2D eigenvalue weighted by Gasteiger charge is 2.32. The summed E-state index contributed by atoms with van der Waals surface area (Å²) in [5.74, 6) is 0.793. The number of nitrogens with two attached hydrogens (primary N) is 1. The molecule has 1 unspecified atom stereocenters. The van der Waals surface area contributed by atoms with Crippen molar-refractivity contribution in [1.29, 1.82) is 0 Å². The minimum absolute atomic E-state index is 0.275. The standard InChI is InChI=1S/C25H29ClNO5PS/c26-24-15-23(12-11-20(24)8-5-13-25(27,17-28)18-33(29,30)31)34-22-10-4-9-21(14-22)32-16-19-6-2-1-3-7-19/h1-4,6-7,9-12,14-15,28H,5,8,13,16-18,27H2,(H2,29,30,31). The third-order valence-corrected chi connectivity index (χ3v) is 7.64. The summed E-state index contributed by atoms with van der Waals surface area (Å²) in [6.45, 7) is 0.0135. The van der Waals surface area contributed by atoms with Crippen LogP contribution in [0.1, 0.15) is 24.0 Å². The number of ether oxygens (including phenoxy) is 1. The Morgan fingerprint density at radius 2 is 1.74 bits per heavy atom. The van der Waals surface area contributed by atoms with Gasteiger partial charge in [-0.2, -0.15) is 0 Å². The molecule has 0 radical (unpaired) electrons. The Bertz CT molecular complexity index is 1130. The first-order valence-electron chi connectivity index (χ1n) is 10.8. The number of halogens is 1. The van der Waals surface area contributed by atoms with E-state index in [1.165, 1.54) is 0 Å². The quantitative estimate of drug-likeness (QED) is 0.240. The molecule has 0 spiro atoms. The van der Waals surface area contributed by atoms with Gasteiger partial charge in [-0.15, -0.1) is 0 Å². The third-order valence-electron chi connectivity index (χ3n) is 5.27. The van der Waals surface area contributed by atoms with Gasteiger partial charge in [0.05, 0.1) is 18.3 Å². The zero-order valence-corrected chi connectivity index (χ0v) is 21.1. The van der Waals surface area contributed by atoms with Gasteiger partial charge in [0.2, 0.25) is 0 Å². The third kappa shape index (κ3) is 8.75. The lowest BCUT2D eigenvalue weighted by Crippen LogP contribution is -2.47. The van der Waals surface area contributed by atoms with Crippen LogP contribution in [0, 0.1) is 0 Å². The van der Waals surface area contributed by atoms with Crippen LogP contribution >= 0.6 is 31.0 Å². The molecule has 0 saturated carbocycles. The van der Waals surface area contributed by atoms with E-state index in [0.29, 0.717) is 24.5 Å². The van der Waals surface area contributed by atoms with Gasteiger partial charge in [-0.1, -0.05) is 65.8 Å². The highest BCUT2D eigenvalue weighted by atomic mass is 35.5. The van der Waals surface area contributed by atoms with Crippen molar-refractivity contribution in [2.75, 3.05) is 12.8 Å². The minimum Gasteiger partial charge on any atom is -0.489 e. The van der Waals surface area contributed by atoms with Gasteiger partial charge in [-0.25, -0.2) is 0 Å². The molecule has 3 aromatic rings. The fraction of sp³-hybridized carbons (Fsp3) is 0.280. The molecule has 3 aromatic carbocycles. The molecule has 0 aliphatic carbocycles. The second-order valence-corrected chi connectivity index (χ2v) is 11.5. The Balaban J connectivity index is 1.56. The van der Waals surface area contributed by atoms with Gasteiger partial charge in [0, 0.05) is 14.8 Å². The lowest BCUT2D eigenvalue weighted by molar-refractivity contribution is 0.193. The smallest absolute Gasteiger partial charge is 0.327 e. The molecule has 0 heterocycles. The fourth-order valence-corrected chi connectivity index (χ4v) is 5.87. The van der Waals surface area contributed by atoms with E-state index >= 15 is 0 Å². The summed E-state index contributed by atoms with van der Waals surface area (Å²) in [5, 5.41) is 10.1. The molecule has 0 amide bonds.